The summed E-state index contributed by atoms with van der Waals surface area (Å²) in [6.07, 6.45) is 0.658. The van der Waals surface area contributed by atoms with Crippen LogP contribution in [0.25, 0.3) is 0 Å². The van der Waals surface area contributed by atoms with Gasteiger partial charge in [0.15, 0.2) is 0 Å². The van der Waals surface area contributed by atoms with Gasteiger partial charge >= 0.3 is 0 Å². The molecule has 0 aliphatic carbocycles. The van der Waals surface area contributed by atoms with Crippen molar-refractivity contribution in [1.29, 1.82) is 0 Å². The van der Waals surface area contributed by atoms with Gasteiger partial charge in [-0.1, -0.05) is 12.8 Å². The molecule has 3 nitrogen and oxygen atoms in total. The quantitative estimate of drug-likeness (QED) is 0.556. The molecule has 0 fully saturated rings. The van der Waals surface area contributed by atoms with Gasteiger partial charge < -0.3 is 11.1 Å². The molecule has 0 bridgehead atoms. The Balaban J connectivity index is 3.57. The fourth-order valence-electron chi connectivity index (χ4n) is 0.536. The van der Waals surface area contributed by atoms with Gasteiger partial charge in [-0.2, -0.15) is 0 Å². The number of carbonyl (C=O) groups is 1. The van der Waals surface area contributed by atoms with Crippen LogP contribution >= 0.6 is 0 Å². The highest BCUT2D eigenvalue weighted by molar-refractivity contribution is 5.81. The van der Waals surface area contributed by atoms with Gasteiger partial charge in [0.25, 0.3) is 0 Å². The third-order valence-corrected chi connectivity index (χ3v) is 1.30. The zero-order valence-corrected chi connectivity index (χ0v) is 6.98. The molecule has 0 aliphatic heterocycles. The van der Waals surface area contributed by atoms with Crippen LogP contribution < -0.4 is 11.1 Å². The minimum atomic E-state index is -0.395. The van der Waals surface area contributed by atoms with Gasteiger partial charge in [-0.3, -0.25) is 4.79 Å². The van der Waals surface area contributed by atoms with Crippen molar-refractivity contribution >= 4 is 5.91 Å². The number of carbonyl (C=O) groups excluding carboxylic acids is 1. The van der Waals surface area contributed by atoms with Gasteiger partial charge in [0, 0.05) is 0 Å². The van der Waals surface area contributed by atoms with E-state index in [1.54, 1.807) is 6.92 Å². The zero-order chi connectivity index (χ0) is 8.69. The molecule has 0 heterocycles. The molecule has 0 saturated carbocycles. The molecule has 1 unspecified atom stereocenters. The largest absolute Gasteiger partial charge is 0.344 e. The first-order valence-electron chi connectivity index (χ1n) is 3.65. The van der Waals surface area contributed by atoms with Crippen LogP contribution in [-0.4, -0.2) is 18.5 Å². The number of hydrogen-bond acceptors (Lipinski definition) is 2. The zero-order valence-electron chi connectivity index (χ0n) is 6.98. The van der Waals surface area contributed by atoms with Crippen molar-refractivity contribution in [3.63, 3.8) is 0 Å². The summed E-state index contributed by atoms with van der Waals surface area (Å²) in [4.78, 5) is 10.9. The van der Waals surface area contributed by atoms with Crippen molar-refractivity contribution in [3.05, 3.63) is 0 Å². The van der Waals surface area contributed by atoms with E-state index < -0.39 is 6.04 Å². The molecule has 0 aliphatic rings. The first kappa shape index (κ1) is 9.99. The van der Waals surface area contributed by atoms with E-state index in [9.17, 15) is 4.79 Å². The van der Waals surface area contributed by atoms with E-state index in [2.05, 4.69) is 17.2 Å². The Morgan fingerprint density at radius 1 is 1.73 bits per heavy atom. The number of hydrogen-bond donors (Lipinski definition) is 2. The van der Waals surface area contributed by atoms with Crippen LogP contribution in [0.2, 0.25) is 0 Å². The summed E-state index contributed by atoms with van der Waals surface area (Å²) in [5.41, 5.74) is 5.44. The van der Waals surface area contributed by atoms with E-state index >= 15 is 0 Å². The third-order valence-electron chi connectivity index (χ3n) is 1.30. The Morgan fingerprint density at radius 2 is 2.36 bits per heavy atom. The summed E-state index contributed by atoms with van der Waals surface area (Å²) < 4.78 is 0. The Labute approximate surface area is 67.3 Å². The summed E-state index contributed by atoms with van der Waals surface area (Å²) in [7, 11) is 0. The van der Waals surface area contributed by atoms with Crippen LogP contribution in [0.15, 0.2) is 0 Å². The highest BCUT2D eigenvalue weighted by Crippen LogP contribution is 1.83. The van der Waals surface area contributed by atoms with E-state index in [0.717, 1.165) is 0 Å². The molecule has 3 heteroatoms. The monoisotopic (exact) mass is 154 g/mol. The summed E-state index contributed by atoms with van der Waals surface area (Å²) >= 11 is 0. The number of nitrogens with one attached hydrogen (secondary N) is 1. The molecule has 0 aromatic rings. The first-order chi connectivity index (χ1) is 5.22. The molecule has 3 N–H and O–H groups in total. The SMILES string of the molecule is CC#CCNC(=O)C(N)CC. The number of nitrogens with two attached hydrogens (primary N) is 1. The van der Waals surface area contributed by atoms with E-state index in [4.69, 9.17) is 5.73 Å². The lowest BCUT2D eigenvalue weighted by molar-refractivity contribution is -0.122. The molecule has 1 atom stereocenters. The molecule has 0 aromatic carbocycles. The molecule has 11 heavy (non-hydrogen) atoms. The molecular formula is C8H14N2O. The van der Waals surface area contributed by atoms with Gasteiger partial charge in [-0.05, 0) is 13.3 Å². The average Bonchev–Trinajstić information content (AvgIpc) is 2.03. The van der Waals surface area contributed by atoms with Crippen LogP contribution in [0.5, 0.6) is 0 Å². The van der Waals surface area contributed by atoms with E-state index in [-0.39, 0.29) is 5.91 Å². The second-order valence-electron chi connectivity index (χ2n) is 2.16. The van der Waals surface area contributed by atoms with Crippen molar-refractivity contribution < 1.29 is 4.79 Å². The molecule has 0 saturated heterocycles. The predicted molar refractivity (Wildman–Crippen MR) is 44.7 cm³/mol. The van der Waals surface area contributed by atoms with Crippen LogP contribution in [0, 0.1) is 11.8 Å². The van der Waals surface area contributed by atoms with Gasteiger partial charge in [0.05, 0.1) is 12.6 Å². The van der Waals surface area contributed by atoms with Gasteiger partial charge in [0.1, 0.15) is 0 Å². The predicted octanol–water partition coefficient (Wildman–Crippen LogP) is -0.137. The maximum Gasteiger partial charge on any atom is 0.237 e. The van der Waals surface area contributed by atoms with Crippen LogP contribution in [-0.2, 0) is 4.79 Å². The lowest BCUT2D eigenvalue weighted by Gasteiger charge is -2.06. The molecule has 0 aromatic heterocycles. The first-order valence-corrected chi connectivity index (χ1v) is 3.65. The summed E-state index contributed by atoms with van der Waals surface area (Å²) in [5, 5.41) is 2.60. The van der Waals surface area contributed by atoms with E-state index in [1.165, 1.54) is 0 Å². The fraction of sp³-hybridized carbons (Fsp3) is 0.625. The second kappa shape index (κ2) is 5.75. The topological polar surface area (TPSA) is 55.1 Å². The summed E-state index contributed by atoms with van der Waals surface area (Å²) in [6, 6.07) is -0.395. The van der Waals surface area contributed by atoms with Crippen LogP contribution in [0.3, 0.4) is 0 Å². The Morgan fingerprint density at radius 3 is 2.82 bits per heavy atom. The van der Waals surface area contributed by atoms with Crippen molar-refractivity contribution in [2.24, 2.45) is 5.73 Å². The number of rotatable bonds is 3. The summed E-state index contributed by atoms with van der Waals surface area (Å²) in [6.45, 7) is 3.99. The van der Waals surface area contributed by atoms with Gasteiger partial charge in [-0.25, -0.2) is 0 Å². The Kier molecular flexibility index (Phi) is 5.22. The molecule has 1 amide bonds. The maximum absolute atomic E-state index is 10.9. The average molecular weight is 154 g/mol. The van der Waals surface area contributed by atoms with Crippen LogP contribution in [0.1, 0.15) is 20.3 Å². The molecule has 0 rings (SSSR count). The highest BCUT2D eigenvalue weighted by atomic mass is 16.2. The Bertz CT molecular complexity index is 178. The van der Waals surface area contributed by atoms with Gasteiger partial charge in [-0.15, -0.1) is 5.92 Å². The smallest absolute Gasteiger partial charge is 0.237 e. The molecule has 0 spiro atoms. The van der Waals surface area contributed by atoms with E-state index in [1.807, 2.05) is 6.92 Å². The third kappa shape index (κ3) is 4.40. The number of amides is 1. The molecule has 62 valence electrons. The van der Waals surface area contributed by atoms with Crippen molar-refractivity contribution in [2.45, 2.75) is 26.3 Å². The lowest BCUT2D eigenvalue weighted by Crippen LogP contribution is -2.40. The molecule has 0 radical (unpaired) electrons. The maximum atomic E-state index is 10.9. The minimum Gasteiger partial charge on any atom is -0.344 e. The second-order valence-corrected chi connectivity index (χ2v) is 2.16. The van der Waals surface area contributed by atoms with Gasteiger partial charge in [0.2, 0.25) is 5.91 Å². The minimum absolute atomic E-state index is 0.129. The molecular weight excluding hydrogens is 140 g/mol. The summed E-state index contributed by atoms with van der Waals surface area (Å²) in [5.74, 6) is 5.27. The van der Waals surface area contributed by atoms with Crippen LogP contribution in [0.4, 0.5) is 0 Å². The van der Waals surface area contributed by atoms with Crippen molar-refractivity contribution in [1.82, 2.24) is 5.32 Å². The fourth-order valence-corrected chi connectivity index (χ4v) is 0.536. The highest BCUT2D eigenvalue weighted by Gasteiger charge is 2.08. The van der Waals surface area contributed by atoms with Crippen molar-refractivity contribution in [2.75, 3.05) is 6.54 Å². The lowest BCUT2D eigenvalue weighted by atomic mass is 10.2. The normalized spacial score (nSPS) is 11.2. The van der Waals surface area contributed by atoms with E-state index in [0.29, 0.717) is 13.0 Å². The van der Waals surface area contributed by atoms with Crippen molar-refractivity contribution in [3.8, 4) is 11.8 Å². The Hall–Kier alpha value is -1.01. The standard InChI is InChI=1S/C8H14N2O/c1-3-5-6-10-8(11)7(9)4-2/h7H,4,6,9H2,1-2H3,(H,10,11).